The fraction of sp³-hybridized carbons (Fsp3) is 0.500. The molecule has 1 rings (SSSR count). The van der Waals surface area contributed by atoms with E-state index in [2.05, 4.69) is 5.32 Å². The summed E-state index contributed by atoms with van der Waals surface area (Å²) in [4.78, 5) is 12.2. The Hall–Kier alpha value is -1.26. The molecule has 1 aromatic carbocycles. The van der Waals surface area contributed by atoms with E-state index in [-0.39, 0.29) is 24.7 Å². The predicted molar refractivity (Wildman–Crippen MR) is 75.8 cm³/mol. The first-order valence-electron chi connectivity index (χ1n) is 6.32. The SMILES string of the molecule is CC(CCO)NC(=O)c1cc(Cl)ccc1OC(C)C. The highest BCUT2D eigenvalue weighted by atomic mass is 35.5. The van der Waals surface area contributed by atoms with Gasteiger partial charge in [0, 0.05) is 17.7 Å². The van der Waals surface area contributed by atoms with Crippen LogP contribution in [0.15, 0.2) is 18.2 Å². The Balaban J connectivity index is 2.90. The van der Waals surface area contributed by atoms with Gasteiger partial charge in [-0.2, -0.15) is 0 Å². The van der Waals surface area contributed by atoms with Gasteiger partial charge in [-0.1, -0.05) is 11.6 Å². The standard InChI is InChI=1S/C14H20ClNO3/c1-9(2)19-13-5-4-11(15)8-12(13)14(18)16-10(3)6-7-17/h4-5,8-10,17H,6-7H2,1-3H3,(H,16,18). The molecule has 0 saturated heterocycles. The molecular formula is C14H20ClNO3. The van der Waals surface area contributed by atoms with E-state index in [0.717, 1.165) is 0 Å². The zero-order valence-electron chi connectivity index (χ0n) is 11.4. The molecule has 0 heterocycles. The van der Waals surface area contributed by atoms with Crippen molar-refractivity contribution < 1.29 is 14.6 Å². The Morgan fingerprint density at radius 3 is 2.68 bits per heavy atom. The summed E-state index contributed by atoms with van der Waals surface area (Å²) < 4.78 is 5.59. The Morgan fingerprint density at radius 1 is 1.42 bits per heavy atom. The molecule has 19 heavy (non-hydrogen) atoms. The van der Waals surface area contributed by atoms with E-state index in [1.54, 1.807) is 18.2 Å². The fourth-order valence-corrected chi connectivity index (χ4v) is 1.78. The number of halogens is 1. The molecule has 1 unspecified atom stereocenters. The van der Waals surface area contributed by atoms with Crippen molar-refractivity contribution >= 4 is 17.5 Å². The third kappa shape index (κ3) is 5.09. The molecule has 0 aliphatic carbocycles. The van der Waals surface area contributed by atoms with Gasteiger partial charge >= 0.3 is 0 Å². The lowest BCUT2D eigenvalue weighted by Crippen LogP contribution is -2.33. The number of amides is 1. The minimum Gasteiger partial charge on any atom is -0.490 e. The number of benzene rings is 1. The van der Waals surface area contributed by atoms with E-state index in [1.165, 1.54) is 0 Å². The number of aliphatic hydroxyl groups is 1. The Labute approximate surface area is 118 Å². The summed E-state index contributed by atoms with van der Waals surface area (Å²) in [5.41, 5.74) is 0.408. The first kappa shape index (κ1) is 15.8. The zero-order chi connectivity index (χ0) is 14.4. The number of ether oxygens (including phenoxy) is 1. The number of aliphatic hydroxyl groups excluding tert-OH is 1. The highest BCUT2D eigenvalue weighted by Gasteiger charge is 2.16. The van der Waals surface area contributed by atoms with Crippen molar-refractivity contribution in [1.29, 1.82) is 0 Å². The molecule has 0 aromatic heterocycles. The molecule has 0 bridgehead atoms. The molecule has 4 nitrogen and oxygen atoms in total. The number of rotatable bonds is 6. The first-order valence-corrected chi connectivity index (χ1v) is 6.69. The van der Waals surface area contributed by atoms with Crippen LogP contribution in [0.3, 0.4) is 0 Å². The molecule has 1 atom stereocenters. The lowest BCUT2D eigenvalue weighted by Gasteiger charge is -2.17. The van der Waals surface area contributed by atoms with E-state index in [4.69, 9.17) is 21.4 Å². The van der Waals surface area contributed by atoms with Gasteiger partial charge in [0.2, 0.25) is 0 Å². The Bertz CT molecular complexity index is 435. The summed E-state index contributed by atoms with van der Waals surface area (Å²) in [6.45, 7) is 5.66. The molecule has 1 aromatic rings. The number of nitrogens with one attached hydrogen (secondary N) is 1. The third-order valence-electron chi connectivity index (χ3n) is 2.49. The number of hydrogen-bond donors (Lipinski definition) is 2. The quantitative estimate of drug-likeness (QED) is 0.845. The smallest absolute Gasteiger partial charge is 0.255 e. The summed E-state index contributed by atoms with van der Waals surface area (Å²) >= 11 is 5.92. The van der Waals surface area contributed by atoms with Crippen molar-refractivity contribution in [2.24, 2.45) is 0 Å². The lowest BCUT2D eigenvalue weighted by molar-refractivity contribution is 0.0928. The molecule has 5 heteroatoms. The van der Waals surface area contributed by atoms with Crippen LogP contribution >= 0.6 is 11.6 Å². The van der Waals surface area contributed by atoms with Gasteiger partial charge in [0.1, 0.15) is 5.75 Å². The molecular weight excluding hydrogens is 266 g/mol. The summed E-state index contributed by atoms with van der Waals surface area (Å²) in [6, 6.07) is 4.85. The Kier molecular flexibility index (Phi) is 6.12. The van der Waals surface area contributed by atoms with E-state index in [1.807, 2.05) is 20.8 Å². The number of carbonyl (C=O) groups is 1. The van der Waals surface area contributed by atoms with E-state index in [9.17, 15) is 4.79 Å². The summed E-state index contributed by atoms with van der Waals surface area (Å²) in [5, 5.41) is 12.1. The van der Waals surface area contributed by atoms with Crippen molar-refractivity contribution in [3.05, 3.63) is 28.8 Å². The average Bonchev–Trinajstić information content (AvgIpc) is 2.31. The largest absolute Gasteiger partial charge is 0.490 e. The Morgan fingerprint density at radius 2 is 2.11 bits per heavy atom. The summed E-state index contributed by atoms with van der Waals surface area (Å²) in [7, 11) is 0. The average molecular weight is 286 g/mol. The predicted octanol–water partition coefficient (Wildman–Crippen LogP) is 2.63. The minimum atomic E-state index is -0.251. The maximum absolute atomic E-state index is 12.2. The van der Waals surface area contributed by atoms with Gasteiger partial charge in [-0.15, -0.1) is 0 Å². The summed E-state index contributed by atoms with van der Waals surface area (Å²) in [5.74, 6) is 0.257. The summed E-state index contributed by atoms with van der Waals surface area (Å²) in [6.07, 6.45) is 0.481. The third-order valence-corrected chi connectivity index (χ3v) is 2.72. The van der Waals surface area contributed by atoms with Crippen LogP contribution in [0, 0.1) is 0 Å². The van der Waals surface area contributed by atoms with Gasteiger partial charge in [0.25, 0.3) is 5.91 Å². The molecule has 1 amide bonds. The number of carbonyl (C=O) groups excluding carboxylic acids is 1. The minimum absolute atomic E-state index is 0.0254. The van der Waals surface area contributed by atoms with Crippen LogP contribution in [0.1, 0.15) is 37.6 Å². The van der Waals surface area contributed by atoms with Gasteiger partial charge in [-0.25, -0.2) is 0 Å². The van der Waals surface area contributed by atoms with Crippen molar-refractivity contribution in [2.75, 3.05) is 6.61 Å². The van der Waals surface area contributed by atoms with Crippen LogP contribution in [0.25, 0.3) is 0 Å². The van der Waals surface area contributed by atoms with E-state index < -0.39 is 0 Å². The van der Waals surface area contributed by atoms with E-state index >= 15 is 0 Å². The van der Waals surface area contributed by atoms with Gasteiger partial charge in [0.05, 0.1) is 11.7 Å². The van der Waals surface area contributed by atoms with Crippen molar-refractivity contribution in [3.63, 3.8) is 0 Å². The highest BCUT2D eigenvalue weighted by molar-refractivity contribution is 6.31. The maximum Gasteiger partial charge on any atom is 0.255 e. The molecule has 0 fully saturated rings. The molecule has 0 aliphatic rings. The van der Waals surface area contributed by atoms with E-state index in [0.29, 0.717) is 22.8 Å². The second kappa shape index (κ2) is 7.36. The molecule has 0 spiro atoms. The lowest BCUT2D eigenvalue weighted by atomic mass is 10.1. The first-order chi connectivity index (χ1) is 8.93. The van der Waals surface area contributed by atoms with Gasteiger partial charge in [-0.3, -0.25) is 4.79 Å². The van der Waals surface area contributed by atoms with Crippen LogP contribution < -0.4 is 10.1 Å². The molecule has 0 aliphatic heterocycles. The van der Waals surface area contributed by atoms with Gasteiger partial charge < -0.3 is 15.2 Å². The fourth-order valence-electron chi connectivity index (χ4n) is 1.60. The molecule has 2 N–H and O–H groups in total. The van der Waals surface area contributed by atoms with Gasteiger partial charge in [0.15, 0.2) is 0 Å². The topological polar surface area (TPSA) is 58.6 Å². The monoisotopic (exact) mass is 285 g/mol. The normalized spacial score (nSPS) is 12.3. The molecule has 0 radical (unpaired) electrons. The van der Waals surface area contributed by atoms with Crippen LogP contribution in [0.4, 0.5) is 0 Å². The zero-order valence-corrected chi connectivity index (χ0v) is 12.2. The van der Waals surface area contributed by atoms with Crippen molar-refractivity contribution in [1.82, 2.24) is 5.32 Å². The second-order valence-electron chi connectivity index (χ2n) is 4.69. The second-order valence-corrected chi connectivity index (χ2v) is 5.13. The van der Waals surface area contributed by atoms with Crippen LogP contribution in [-0.4, -0.2) is 29.8 Å². The maximum atomic E-state index is 12.2. The van der Waals surface area contributed by atoms with Crippen molar-refractivity contribution in [3.8, 4) is 5.75 Å². The molecule has 106 valence electrons. The van der Waals surface area contributed by atoms with Crippen molar-refractivity contribution in [2.45, 2.75) is 39.3 Å². The van der Waals surface area contributed by atoms with Crippen LogP contribution in [0.5, 0.6) is 5.75 Å². The van der Waals surface area contributed by atoms with Crippen LogP contribution in [0.2, 0.25) is 5.02 Å². The molecule has 0 saturated carbocycles. The van der Waals surface area contributed by atoms with Crippen LogP contribution in [-0.2, 0) is 0 Å². The highest BCUT2D eigenvalue weighted by Crippen LogP contribution is 2.24. The van der Waals surface area contributed by atoms with Gasteiger partial charge in [-0.05, 0) is 45.4 Å². The number of hydrogen-bond acceptors (Lipinski definition) is 3.